The van der Waals surface area contributed by atoms with Crippen molar-refractivity contribution in [3.8, 4) is 0 Å². The van der Waals surface area contributed by atoms with Crippen molar-refractivity contribution >= 4 is 23.5 Å². The molecule has 0 aromatic heterocycles. The fraction of sp³-hybridized carbons (Fsp3) is 0.467. The van der Waals surface area contributed by atoms with Crippen LogP contribution in [0, 0.1) is 0 Å². The number of benzene rings is 1. The van der Waals surface area contributed by atoms with Crippen molar-refractivity contribution in [1.82, 2.24) is 5.32 Å². The zero-order valence-electron chi connectivity index (χ0n) is 11.4. The molecule has 0 aliphatic heterocycles. The standard InChI is InChI=1S/C15H18ClNO3/c1-17-14(19)20-10-15(9-5-4-8-13(15)18)11-6-2-3-7-12(11)16/h2-3,6-7H,4-5,8-10H2,1H3,(H,17,19)/t15-/m1/s1. The highest BCUT2D eigenvalue weighted by molar-refractivity contribution is 6.31. The van der Waals surface area contributed by atoms with Crippen molar-refractivity contribution < 1.29 is 14.3 Å². The summed E-state index contributed by atoms with van der Waals surface area (Å²) in [4.78, 5) is 23.8. The lowest BCUT2D eigenvalue weighted by Gasteiger charge is -2.36. The number of hydrogen-bond donors (Lipinski definition) is 1. The number of amides is 1. The van der Waals surface area contributed by atoms with E-state index in [9.17, 15) is 9.59 Å². The second-order valence-electron chi connectivity index (χ2n) is 5.02. The number of Topliss-reactive ketones (excluding diaryl/α,β-unsaturated/α-hetero) is 1. The number of alkyl carbamates (subject to hydrolysis) is 1. The van der Waals surface area contributed by atoms with Crippen LogP contribution in [-0.4, -0.2) is 25.5 Å². The third-order valence-corrected chi connectivity index (χ3v) is 4.16. The summed E-state index contributed by atoms with van der Waals surface area (Å²) in [6.07, 6.45) is 2.43. The maximum Gasteiger partial charge on any atom is 0.406 e. The van der Waals surface area contributed by atoms with Gasteiger partial charge in [-0.2, -0.15) is 0 Å². The zero-order valence-corrected chi connectivity index (χ0v) is 12.2. The van der Waals surface area contributed by atoms with Gasteiger partial charge in [0, 0.05) is 18.5 Å². The Kier molecular flexibility index (Phi) is 4.65. The lowest BCUT2D eigenvalue weighted by atomic mass is 9.69. The largest absolute Gasteiger partial charge is 0.448 e. The molecular formula is C15H18ClNO3. The quantitative estimate of drug-likeness (QED) is 0.932. The average molecular weight is 296 g/mol. The van der Waals surface area contributed by atoms with E-state index in [4.69, 9.17) is 16.3 Å². The van der Waals surface area contributed by atoms with Gasteiger partial charge in [-0.3, -0.25) is 4.79 Å². The first kappa shape index (κ1) is 14.9. The van der Waals surface area contributed by atoms with Crippen LogP contribution in [0.5, 0.6) is 0 Å². The first-order valence-electron chi connectivity index (χ1n) is 6.73. The maximum atomic E-state index is 12.5. The molecule has 4 nitrogen and oxygen atoms in total. The Balaban J connectivity index is 2.36. The molecule has 5 heteroatoms. The minimum Gasteiger partial charge on any atom is -0.448 e. The second kappa shape index (κ2) is 6.27. The van der Waals surface area contributed by atoms with E-state index in [1.54, 1.807) is 6.07 Å². The lowest BCUT2D eigenvalue weighted by Crippen LogP contribution is -2.44. The third kappa shape index (κ3) is 2.80. The summed E-state index contributed by atoms with van der Waals surface area (Å²) in [5, 5.41) is 2.94. The van der Waals surface area contributed by atoms with Crippen molar-refractivity contribution in [2.45, 2.75) is 31.1 Å². The van der Waals surface area contributed by atoms with Crippen molar-refractivity contribution in [3.05, 3.63) is 34.9 Å². The normalized spacial score (nSPS) is 22.4. The summed E-state index contributed by atoms with van der Waals surface area (Å²) in [5.41, 5.74) is -0.0430. The summed E-state index contributed by atoms with van der Waals surface area (Å²) in [6, 6.07) is 7.29. The van der Waals surface area contributed by atoms with Crippen LogP contribution in [0.4, 0.5) is 4.79 Å². The van der Waals surface area contributed by atoms with Crippen LogP contribution < -0.4 is 5.32 Å². The molecule has 1 atom stereocenters. The van der Waals surface area contributed by atoms with Gasteiger partial charge in [-0.15, -0.1) is 0 Å². The average Bonchev–Trinajstić information content (AvgIpc) is 2.47. The van der Waals surface area contributed by atoms with E-state index in [2.05, 4.69) is 5.32 Å². The molecule has 0 spiro atoms. The van der Waals surface area contributed by atoms with Crippen molar-refractivity contribution in [2.75, 3.05) is 13.7 Å². The molecule has 0 heterocycles. The molecule has 1 aromatic carbocycles. The number of ether oxygens (including phenoxy) is 1. The Labute approximate surface area is 123 Å². The van der Waals surface area contributed by atoms with Crippen LogP contribution in [0.1, 0.15) is 31.2 Å². The predicted molar refractivity (Wildman–Crippen MR) is 77.0 cm³/mol. The molecule has 1 aliphatic carbocycles. The highest BCUT2D eigenvalue weighted by Gasteiger charge is 2.43. The Morgan fingerprint density at radius 1 is 1.40 bits per heavy atom. The summed E-state index contributed by atoms with van der Waals surface area (Å²) >= 11 is 6.25. The molecule has 0 saturated heterocycles. The number of carbonyl (C=O) groups is 2. The smallest absolute Gasteiger partial charge is 0.406 e. The van der Waals surface area contributed by atoms with Crippen LogP contribution in [-0.2, 0) is 14.9 Å². The fourth-order valence-electron chi connectivity index (χ4n) is 2.72. The van der Waals surface area contributed by atoms with Gasteiger partial charge in [0.05, 0.1) is 5.41 Å². The van der Waals surface area contributed by atoms with E-state index in [-0.39, 0.29) is 12.4 Å². The minimum absolute atomic E-state index is 0.0369. The van der Waals surface area contributed by atoms with E-state index in [0.29, 0.717) is 17.9 Å². The number of ketones is 1. The number of rotatable bonds is 3. The van der Waals surface area contributed by atoms with Crippen LogP contribution in [0.15, 0.2) is 24.3 Å². The van der Waals surface area contributed by atoms with E-state index in [0.717, 1.165) is 18.4 Å². The van der Waals surface area contributed by atoms with Gasteiger partial charge in [-0.25, -0.2) is 4.79 Å². The number of hydrogen-bond acceptors (Lipinski definition) is 3. The lowest BCUT2D eigenvalue weighted by molar-refractivity contribution is -0.128. The second-order valence-corrected chi connectivity index (χ2v) is 5.43. The van der Waals surface area contributed by atoms with Crippen molar-refractivity contribution in [3.63, 3.8) is 0 Å². The van der Waals surface area contributed by atoms with Crippen molar-refractivity contribution in [1.29, 1.82) is 0 Å². The Morgan fingerprint density at radius 3 is 2.80 bits per heavy atom. The molecule has 20 heavy (non-hydrogen) atoms. The van der Waals surface area contributed by atoms with E-state index < -0.39 is 11.5 Å². The molecule has 1 saturated carbocycles. The van der Waals surface area contributed by atoms with Gasteiger partial charge >= 0.3 is 6.09 Å². The highest BCUT2D eigenvalue weighted by Crippen LogP contribution is 2.40. The van der Waals surface area contributed by atoms with Crippen LogP contribution in [0.3, 0.4) is 0 Å². The van der Waals surface area contributed by atoms with Gasteiger partial charge in [0.2, 0.25) is 0 Å². The molecule has 0 radical (unpaired) electrons. The highest BCUT2D eigenvalue weighted by atomic mass is 35.5. The topological polar surface area (TPSA) is 55.4 Å². The van der Waals surface area contributed by atoms with Gasteiger partial charge in [0.25, 0.3) is 0 Å². The fourth-order valence-corrected chi connectivity index (χ4v) is 3.03. The number of nitrogens with one attached hydrogen (secondary N) is 1. The van der Waals surface area contributed by atoms with E-state index in [1.807, 2.05) is 18.2 Å². The Morgan fingerprint density at radius 2 is 2.15 bits per heavy atom. The van der Waals surface area contributed by atoms with E-state index >= 15 is 0 Å². The summed E-state index contributed by atoms with van der Waals surface area (Å²) in [6.45, 7) is 0.0369. The first-order chi connectivity index (χ1) is 9.60. The van der Waals surface area contributed by atoms with Gasteiger partial charge in [0.1, 0.15) is 12.4 Å². The van der Waals surface area contributed by atoms with Crippen molar-refractivity contribution in [2.24, 2.45) is 0 Å². The number of halogens is 1. The Hall–Kier alpha value is -1.55. The minimum atomic E-state index is -0.802. The van der Waals surface area contributed by atoms with Crippen LogP contribution in [0.25, 0.3) is 0 Å². The van der Waals surface area contributed by atoms with Gasteiger partial charge in [-0.05, 0) is 24.5 Å². The monoisotopic (exact) mass is 295 g/mol. The van der Waals surface area contributed by atoms with Gasteiger partial charge < -0.3 is 10.1 Å². The Bertz CT molecular complexity index is 518. The molecule has 0 unspecified atom stereocenters. The molecule has 108 valence electrons. The molecule has 1 fully saturated rings. The van der Waals surface area contributed by atoms with Crippen LogP contribution >= 0.6 is 11.6 Å². The summed E-state index contributed by atoms with van der Waals surface area (Å²) < 4.78 is 5.18. The zero-order chi connectivity index (χ0) is 14.6. The summed E-state index contributed by atoms with van der Waals surface area (Å²) in [7, 11) is 1.49. The molecule has 1 N–H and O–H groups in total. The maximum absolute atomic E-state index is 12.5. The third-order valence-electron chi connectivity index (χ3n) is 3.83. The predicted octanol–water partition coefficient (Wildman–Crippen LogP) is 3.08. The molecule has 1 amide bonds. The summed E-state index contributed by atoms with van der Waals surface area (Å²) in [5.74, 6) is 0.0979. The molecule has 1 aliphatic rings. The molecule has 0 bridgehead atoms. The SMILES string of the molecule is CNC(=O)OC[C@@]1(c2ccccc2Cl)CCCCC1=O. The van der Waals surface area contributed by atoms with E-state index in [1.165, 1.54) is 7.05 Å². The van der Waals surface area contributed by atoms with Gasteiger partial charge in [-0.1, -0.05) is 36.2 Å². The molecule has 1 aromatic rings. The molecular weight excluding hydrogens is 278 g/mol. The molecule has 2 rings (SSSR count). The first-order valence-corrected chi connectivity index (χ1v) is 7.11. The van der Waals surface area contributed by atoms with Crippen LogP contribution in [0.2, 0.25) is 5.02 Å². The number of carbonyl (C=O) groups excluding carboxylic acids is 2. The van der Waals surface area contributed by atoms with Gasteiger partial charge in [0.15, 0.2) is 0 Å².